The third-order valence-electron chi connectivity index (χ3n) is 4.27. The molecule has 0 saturated carbocycles. The monoisotopic (exact) mass is 338 g/mol. The van der Waals surface area contributed by atoms with Gasteiger partial charge in [-0.1, -0.05) is 19.9 Å². The maximum atomic E-state index is 12.6. The Hall–Kier alpha value is -1.89. The number of amides is 3. The van der Waals surface area contributed by atoms with Crippen LogP contribution in [0.4, 0.5) is 0 Å². The van der Waals surface area contributed by atoms with Crippen molar-refractivity contribution in [3.05, 3.63) is 12.2 Å². The lowest BCUT2D eigenvalue weighted by Gasteiger charge is -2.30. The Morgan fingerprint density at radius 2 is 1.88 bits per heavy atom. The first-order valence-corrected chi connectivity index (χ1v) is 8.31. The lowest BCUT2D eigenvalue weighted by molar-refractivity contribution is -0.142. The van der Waals surface area contributed by atoms with E-state index in [2.05, 4.69) is 0 Å². The van der Waals surface area contributed by atoms with Crippen molar-refractivity contribution in [2.24, 2.45) is 17.6 Å². The maximum Gasteiger partial charge on any atom is 0.246 e. The number of nitrogens with zero attached hydrogens (tertiary/aromatic N) is 3. The number of primary amides is 1. The van der Waals surface area contributed by atoms with Crippen LogP contribution in [-0.4, -0.2) is 79.2 Å². The van der Waals surface area contributed by atoms with Gasteiger partial charge in [0.1, 0.15) is 6.04 Å². The number of nitrogens with two attached hydrogens (primary N) is 1. The van der Waals surface area contributed by atoms with Crippen LogP contribution >= 0.6 is 0 Å². The molecule has 0 bridgehead atoms. The zero-order valence-electron chi connectivity index (χ0n) is 15.4. The SMILES string of the molecule is CC(C)C(C(N)=O)N(C)C(=O)[C@H]1CCN(C(=O)/C=C\CN(C)C)C1. The average molecular weight is 338 g/mol. The van der Waals surface area contributed by atoms with Gasteiger partial charge in [0, 0.05) is 32.8 Å². The summed E-state index contributed by atoms with van der Waals surface area (Å²) in [5, 5.41) is 0. The number of rotatable bonds is 7. The zero-order chi connectivity index (χ0) is 18.4. The molecule has 0 aliphatic carbocycles. The summed E-state index contributed by atoms with van der Waals surface area (Å²) in [5.74, 6) is -1.03. The second-order valence-electron chi connectivity index (χ2n) is 6.97. The summed E-state index contributed by atoms with van der Waals surface area (Å²) in [6.07, 6.45) is 3.97. The van der Waals surface area contributed by atoms with Gasteiger partial charge in [0.2, 0.25) is 17.7 Å². The molecular weight excluding hydrogens is 308 g/mol. The second-order valence-corrected chi connectivity index (χ2v) is 6.97. The molecule has 24 heavy (non-hydrogen) atoms. The summed E-state index contributed by atoms with van der Waals surface area (Å²) in [4.78, 5) is 41.4. The standard InChI is InChI=1S/C17H30N4O3/c1-12(2)15(16(18)23)20(5)17(24)13-8-10-21(11-13)14(22)7-6-9-19(3)4/h6-7,12-13,15H,8-11H2,1-5H3,(H2,18,23)/b7-6-/t13-,15?/m0/s1. The van der Waals surface area contributed by atoms with Gasteiger partial charge in [-0.2, -0.15) is 0 Å². The first-order chi connectivity index (χ1) is 11.1. The number of carbonyl (C=O) groups is 3. The minimum atomic E-state index is -0.623. The number of hydrogen-bond acceptors (Lipinski definition) is 4. The van der Waals surface area contributed by atoms with Crippen molar-refractivity contribution < 1.29 is 14.4 Å². The first kappa shape index (κ1) is 20.2. The van der Waals surface area contributed by atoms with Gasteiger partial charge in [-0.05, 0) is 26.4 Å². The van der Waals surface area contributed by atoms with Crippen LogP contribution in [-0.2, 0) is 14.4 Å². The summed E-state index contributed by atoms with van der Waals surface area (Å²) >= 11 is 0. The van der Waals surface area contributed by atoms with E-state index >= 15 is 0 Å². The van der Waals surface area contributed by atoms with E-state index < -0.39 is 11.9 Å². The van der Waals surface area contributed by atoms with Crippen molar-refractivity contribution in [1.82, 2.24) is 14.7 Å². The summed E-state index contributed by atoms with van der Waals surface area (Å²) in [7, 11) is 5.47. The normalized spacial score (nSPS) is 19.3. The summed E-state index contributed by atoms with van der Waals surface area (Å²) in [6.45, 7) is 5.36. The van der Waals surface area contributed by atoms with E-state index in [0.29, 0.717) is 26.1 Å². The molecule has 7 heteroatoms. The van der Waals surface area contributed by atoms with Gasteiger partial charge < -0.3 is 20.4 Å². The molecule has 136 valence electrons. The highest BCUT2D eigenvalue weighted by Crippen LogP contribution is 2.21. The van der Waals surface area contributed by atoms with Crippen molar-refractivity contribution in [3.8, 4) is 0 Å². The van der Waals surface area contributed by atoms with Crippen LogP contribution in [0, 0.1) is 11.8 Å². The first-order valence-electron chi connectivity index (χ1n) is 8.31. The minimum Gasteiger partial charge on any atom is -0.368 e. The fourth-order valence-electron chi connectivity index (χ4n) is 3.02. The molecule has 0 aromatic heterocycles. The van der Waals surface area contributed by atoms with E-state index in [1.165, 1.54) is 4.90 Å². The number of likely N-dealkylation sites (tertiary alicyclic amines) is 1. The molecule has 7 nitrogen and oxygen atoms in total. The molecule has 1 aliphatic rings. The molecule has 2 N–H and O–H groups in total. The van der Waals surface area contributed by atoms with Gasteiger partial charge in [0.15, 0.2) is 0 Å². The molecule has 1 heterocycles. The number of hydrogen-bond donors (Lipinski definition) is 1. The lowest BCUT2D eigenvalue weighted by Crippen LogP contribution is -2.50. The van der Waals surface area contributed by atoms with Crippen LogP contribution in [0.3, 0.4) is 0 Å². The third-order valence-corrected chi connectivity index (χ3v) is 4.27. The van der Waals surface area contributed by atoms with Gasteiger partial charge >= 0.3 is 0 Å². The molecule has 0 aromatic carbocycles. The Kier molecular flexibility index (Phi) is 7.41. The van der Waals surface area contributed by atoms with Crippen LogP contribution in [0.5, 0.6) is 0 Å². The third kappa shape index (κ3) is 5.33. The molecule has 1 saturated heterocycles. The van der Waals surface area contributed by atoms with E-state index in [1.54, 1.807) is 18.0 Å². The summed E-state index contributed by atoms with van der Waals surface area (Å²) in [5.41, 5.74) is 5.42. The van der Waals surface area contributed by atoms with Gasteiger partial charge in [0.05, 0.1) is 5.92 Å². The van der Waals surface area contributed by atoms with Crippen molar-refractivity contribution in [1.29, 1.82) is 0 Å². The molecule has 1 fully saturated rings. The maximum absolute atomic E-state index is 12.6. The number of carbonyl (C=O) groups excluding carboxylic acids is 3. The van der Waals surface area contributed by atoms with E-state index in [9.17, 15) is 14.4 Å². The van der Waals surface area contributed by atoms with E-state index in [4.69, 9.17) is 5.73 Å². The topological polar surface area (TPSA) is 87.0 Å². The average Bonchev–Trinajstić information content (AvgIpc) is 2.94. The molecule has 1 aliphatic heterocycles. The van der Waals surface area contributed by atoms with Crippen molar-refractivity contribution >= 4 is 17.7 Å². The van der Waals surface area contributed by atoms with Crippen LogP contribution in [0.25, 0.3) is 0 Å². The van der Waals surface area contributed by atoms with E-state index in [1.807, 2.05) is 38.9 Å². The molecule has 3 amide bonds. The van der Waals surface area contributed by atoms with Crippen molar-refractivity contribution in [3.63, 3.8) is 0 Å². The molecule has 0 spiro atoms. The highest BCUT2D eigenvalue weighted by atomic mass is 16.2. The fourth-order valence-corrected chi connectivity index (χ4v) is 3.02. The second kappa shape index (κ2) is 8.82. The smallest absolute Gasteiger partial charge is 0.246 e. The molecule has 1 unspecified atom stereocenters. The van der Waals surface area contributed by atoms with Crippen molar-refractivity contribution in [2.45, 2.75) is 26.3 Å². The molecule has 0 aromatic rings. The van der Waals surface area contributed by atoms with E-state index in [-0.39, 0.29) is 23.7 Å². The molecule has 1 rings (SSSR count). The largest absolute Gasteiger partial charge is 0.368 e. The van der Waals surface area contributed by atoms with Gasteiger partial charge in [-0.25, -0.2) is 0 Å². The Morgan fingerprint density at radius 3 is 2.38 bits per heavy atom. The zero-order valence-corrected chi connectivity index (χ0v) is 15.4. The Balaban J connectivity index is 2.64. The van der Waals surface area contributed by atoms with Crippen LogP contribution < -0.4 is 5.73 Å². The van der Waals surface area contributed by atoms with Crippen LogP contribution in [0.2, 0.25) is 0 Å². The van der Waals surface area contributed by atoms with Crippen LogP contribution in [0.1, 0.15) is 20.3 Å². The summed E-state index contributed by atoms with van der Waals surface area (Å²) < 4.78 is 0. The Labute approximate surface area is 144 Å². The molecule has 2 atom stereocenters. The Morgan fingerprint density at radius 1 is 1.25 bits per heavy atom. The highest BCUT2D eigenvalue weighted by molar-refractivity contribution is 5.90. The van der Waals surface area contributed by atoms with Gasteiger partial charge in [-0.15, -0.1) is 0 Å². The highest BCUT2D eigenvalue weighted by Gasteiger charge is 2.36. The van der Waals surface area contributed by atoms with E-state index in [0.717, 1.165) is 0 Å². The quantitative estimate of drug-likeness (QED) is 0.658. The summed E-state index contributed by atoms with van der Waals surface area (Å²) in [6, 6.07) is -0.623. The van der Waals surface area contributed by atoms with Gasteiger partial charge in [0.25, 0.3) is 0 Å². The minimum absolute atomic E-state index is 0.0513. The lowest BCUT2D eigenvalue weighted by atomic mass is 9.99. The predicted molar refractivity (Wildman–Crippen MR) is 93.0 cm³/mol. The molecule has 0 radical (unpaired) electrons. The Bertz CT molecular complexity index is 502. The van der Waals surface area contributed by atoms with Crippen LogP contribution in [0.15, 0.2) is 12.2 Å². The van der Waals surface area contributed by atoms with Crippen molar-refractivity contribution in [2.75, 3.05) is 40.8 Å². The molecular formula is C17H30N4O3. The fraction of sp³-hybridized carbons (Fsp3) is 0.706. The predicted octanol–water partition coefficient (Wildman–Crippen LogP) is -0.0790. The number of likely N-dealkylation sites (N-methyl/N-ethyl adjacent to an activating group) is 2. The van der Waals surface area contributed by atoms with Gasteiger partial charge in [-0.3, -0.25) is 14.4 Å².